The number of carbonyl (C=O) groups is 1. The van der Waals surface area contributed by atoms with Gasteiger partial charge in [-0.1, -0.05) is 6.07 Å². The first-order valence-corrected chi connectivity index (χ1v) is 8.01. The molecule has 0 spiro atoms. The van der Waals surface area contributed by atoms with Gasteiger partial charge in [-0.15, -0.1) is 0 Å². The van der Waals surface area contributed by atoms with Gasteiger partial charge in [0.1, 0.15) is 6.04 Å². The predicted molar refractivity (Wildman–Crippen MR) is 74.3 cm³/mol. The van der Waals surface area contributed by atoms with Crippen LogP contribution in [-0.2, 0) is 21.2 Å². The van der Waals surface area contributed by atoms with Crippen molar-refractivity contribution in [1.29, 1.82) is 0 Å². The third-order valence-electron chi connectivity index (χ3n) is 3.22. The Bertz CT molecular complexity index is 561. The van der Waals surface area contributed by atoms with Crippen molar-refractivity contribution < 1.29 is 13.2 Å². The predicted octanol–water partition coefficient (Wildman–Crippen LogP) is -1.29. The molecule has 1 fully saturated rings. The molecule has 1 aromatic heterocycles. The van der Waals surface area contributed by atoms with E-state index >= 15 is 0 Å². The molecule has 20 heavy (non-hydrogen) atoms. The summed E-state index contributed by atoms with van der Waals surface area (Å²) in [7, 11) is -3.52. The van der Waals surface area contributed by atoms with Crippen LogP contribution in [0.25, 0.3) is 0 Å². The second-order valence-corrected chi connectivity index (χ2v) is 6.66. The fraction of sp³-hybridized carbons (Fsp3) is 0.500. The van der Waals surface area contributed by atoms with Crippen LogP contribution in [-0.4, -0.2) is 55.0 Å². The molecule has 1 aliphatic heterocycles. The Morgan fingerprint density at radius 3 is 2.95 bits per heavy atom. The van der Waals surface area contributed by atoms with Crippen LogP contribution in [0.3, 0.4) is 0 Å². The number of hydrogen-bond donors (Lipinski definition) is 2. The monoisotopic (exact) mass is 298 g/mol. The van der Waals surface area contributed by atoms with Crippen LogP contribution in [0.4, 0.5) is 0 Å². The van der Waals surface area contributed by atoms with Gasteiger partial charge < -0.3 is 11.1 Å². The van der Waals surface area contributed by atoms with Crippen LogP contribution in [0.5, 0.6) is 0 Å². The fourth-order valence-corrected chi connectivity index (χ4v) is 3.80. The van der Waals surface area contributed by atoms with E-state index in [0.29, 0.717) is 18.7 Å². The molecule has 2 rings (SSSR count). The maximum Gasteiger partial charge on any atom is 0.237 e. The standard InChI is InChI=1S/C12H18N4O3S/c13-12(17)11-9-14-6-7-16(11)20(18,19)8-4-10-3-1-2-5-15-10/h1-3,5,11,14H,4,6-9H2,(H2,13,17). The van der Waals surface area contributed by atoms with Gasteiger partial charge in [0.15, 0.2) is 0 Å². The van der Waals surface area contributed by atoms with Crippen LogP contribution < -0.4 is 11.1 Å². The molecule has 1 amide bonds. The molecule has 1 aromatic rings. The quantitative estimate of drug-likeness (QED) is 0.704. The van der Waals surface area contributed by atoms with Gasteiger partial charge in [-0.05, 0) is 12.1 Å². The Kier molecular flexibility index (Phi) is 4.69. The van der Waals surface area contributed by atoms with E-state index < -0.39 is 22.0 Å². The van der Waals surface area contributed by atoms with E-state index in [0.717, 1.165) is 0 Å². The summed E-state index contributed by atoms with van der Waals surface area (Å²) in [6, 6.07) is 4.56. The Hall–Kier alpha value is -1.51. The molecule has 0 bridgehead atoms. The van der Waals surface area contributed by atoms with Gasteiger partial charge in [0.05, 0.1) is 5.75 Å². The lowest BCUT2D eigenvalue weighted by molar-refractivity contribution is -0.122. The van der Waals surface area contributed by atoms with Crippen LogP contribution in [0, 0.1) is 0 Å². The SMILES string of the molecule is NC(=O)C1CNCCN1S(=O)(=O)CCc1ccccn1. The number of carbonyl (C=O) groups excluding carboxylic acids is 1. The Labute approximate surface area is 118 Å². The first-order chi connectivity index (χ1) is 9.50. The number of rotatable bonds is 5. The molecule has 0 aromatic carbocycles. The Morgan fingerprint density at radius 2 is 2.30 bits per heavy atom. The lowest BCUT2D eigenvalue weighted by Crippen LogP contribution is -2.59. The highest BCUT2D eigenvalue weighted by atomic mass is 32.2. The Balaban J connectivity index is 2.06. The first-order valence-electron chi connectivity index (χ1n) is 6.40. The van der Waals surface area contributed by atoms with Crippen LogP contribution in [0.1, 0.15) is 5.69 Å². The molecule has 1 saturated heterocycles. The van der Waals surface area contributed by atoms with Crippen molar-refractivity contribution in [1.82, 2.24) is 14.6 Å². The van der Waals surface area contributed by atoms with Crippen molar-refractivity contribution in [3.05, 3.63) is 30.1 Å². The number of pyridine rings is 1. The van der Waals surface area contributed by atoms with E-state index in [2.05, 4.69) is 10.3 Å². The van der Waals surface area contributed by atoms with Gasteiger partial charge in [-0.3, -0.25) is 9.78 Å². The molecule has 110 valence electrons. The van der Waals surface area contributed by atoms with Gasteiger partial charge >= 0.3 is 0 Å². The molecule has 2 heterocycles. The lowest BCUT2D eigenvalue weighted by Gasteiger charge is -2.33. The number of nitrogens with one attached hydrogen (secondary N) is 1. The van der Waals surface area contributed by atoms with Crippen molar-refractivity contribution in [2.75, 3.05) is 25.4 Å². The zero-order chi connectivity index (χ0) is 14.6. The molecule has 0 aliphatic carbocycles. The third kappa shape index (κ3) is 3.53. The maximum atomic E-state index is 12.3. The number of primary amides is 1. The van der Waals surface area contributed by atoms with Crippen molar-refractivity contribution in [2.24, 2.45) is 5.73 Å². The number of aryl methyl sites for hydroxylation is 1. The summed E-state index contributed by atoms with van der Waals surface area (Å²) in [5.41, 5.74) is 5.97. The zero-order valence-electron chi connectivity index (χ0n) is 11.0. The number of aromatic nitrogens is 1. The van der Waals surface area contributed by atoms with Crippen molar-refractivity contribution in [3.8, 4) is 0 Å². The second-order valence-electron chi connectivity index (χ2n) is 4.62. The maximum absolute atomic E-state index is 12.3. The molecule has 1 atom stereocenters. The van der Waals surface area contributed by atoms with Gasteiger partial charge in [-0.2, -0.15) is 4.31 Å². The van der Waals surface area contributed by atoms with E-state index in [4.69, 9.17) is 5.73 Å². The number of piperazine rings is 1. The Morgan fingerprint density at radius 1 is 1.50 bits per heavy atom. The number of amides is 1. The van der Waals surface area contributed by atoms with Crippen LogP contribution in [0.2, 0.25) is 0 Å². The zero-order valence-corrected chi connectivity index (χ0v) is 11.8. The summed E-state index contributed by atoms with van der Waals surface area (Å²) in [6.07, 6.45) is 1.94. The minimum Gasteiger partial charge on any atom is -0.368 e. The summed E-state index contributed by atoms with van der Waals surface area (Å²) in [5, 5.41) is 2.97. The molecule has 0 radical (unpaired) electrons. The van der Waals surface area contributed by atoms with Gasteiger partial charge in [0.25, 0.3) is 0 Å². The summed E-state index contributed by atoms with van der Waals surface area (Å²) in [6.45, 7) is 1.04. The molecule has 1 unspecified atom stereocenters. The molecular weight excluding hydrogens is 280 g/mol. The number of sulfonamides is 1. The van der Waals surface area contributed by atoms with Gasteiger partial charge in [0, 0.05) is 37.9 Å². The van der Waals surface area contributed by atoms with E-state index in [1.54, 1.807) is 18.3 Å². The molecular formula is C12H18N4O3S. The van der Waals surface area contributed by atoms with E-state index in [9.17, 15) is 13.2 Å². The van der Waals surface area contributed by atoms with Crippen molar-refractivity contribution in [2.45, 2.75) is 12.5 Å². The summed E-state index contributed by atoms with van der Waals surface area (Å²) in [5.74, 6) is -0.702. The average molecular weight is 298 g/mol. The largest absolute Gasteiger partial charge is 0.368 e. The highest BCUT2D eigenvalue weighted by Crippen LogP contribution is 2.12. The fourth-order valence-electron chi connectivity index (χ4n) is 2.16. The van der Waals surface area contributed by atoms with Gasteiger partial charge in [-0.25, -0.2) is 8.42 Å². The summed E-state index contributed by atoms with van der Waals surface area (Å²) >= 11 is 0. The molecule has 8 heteroatoms. The molecule has 7 nitrogen and oxygen atoms in total. The third-order valence-corrected chi connectivity index (χ3v) is 5.09. The average Bonchev–Trinajstić information content (AvgIpc) is 2.46. The lowest BCUT2D eigenvalue weighted by atomic mass is 10.2. The van der Waals surface area contributed by atoms with E-state index in [1.165, 1.54) is 4.31 Å². The summed E-state index contributed by atoms with van der Waals surface area (Å²) < 4.78 is 25.9. The molecule has 3 N–H and O–H groups in total. The van der Waals surface area contributed by atoms with E-state index in [1.807, 2.05) is 6.07 Å². The minimum atomic E-state index is -3.52. The summed E-state index contributed by atoms with van der Waals surface area (Å²) in [4.78, 5) is 15.4. The van der Waals surface area contributed by atoms with E-state index in [-0.39, 0.29) is 18.8 Å². The molecule has 1 aliphatic rings. The minimum absolute atomic E-state index is 0.0756. The van der Waals surface area contributed by atoms with Crippen molar-refractivity contribution in [3.63, 3.8) is 0 Å². The smallest absolute Gasteiger partial charge is 0.237 e. The normalized spacial score (nSPS) is 20.7. The van der Waals surface area contributed by atoms with Crippen LogP contribution in [0.15, 0.2) is 24.4 Å². The number of hydrogen-bond acceptors (Lipinski definition) is 5. The van der Waals surface area contributed by atoms with Crippen molar-refractivity contribution >= 4 is 15.9 Å². The molecule has 0 saturated carbocycles. The first kappa shape index (κ1) is 14.9. The highest BCUT2D eigenvalue weighted by molar-refractivity contribution is 7.89. The number of nitrogens with zero attached hydrogens (tertiary/aromatic N) is 2. The van der Waals surface area contributed by atoms with Crippen LogP contribution >= 0.6 is 0 Å². The second kappa shape index (κ2) is 6.29. The topological polar surface area (TPSA) is 105 Å². The highest BCUT2D eigenvalue weighted by Gasteiger charge is 2.35. The van der Waals surface area contributed by atoms with Gasteiger partial charge in [0.2, 0.25) is 15.9 Å². The number of nitrogens with two attached hydrogens (primary N) is 1.